The van der Waals surface area contributed by atoms with Crippen LogP contribution in [0.2, 0.25) is 5.28 Å². The molecule has 1 aromatic heterocycles. The summed E-state index contributed by atoms with van der Waals surface area (Å²) in [5, 5.41) is 13.9. The highest BCUT2D eigenvalue weighted by Crippen LogP contribution is 2.25. The van der Waals surface area contributed by atoms with Crippen molar-refractivity contribution >= 4 is 29.4 Å². The van der Waals surface area contributed by atoms with Crippen LogP contribution >= 0.6 is 11.6 Å². The molecule has 2 heterocycles. The summed E-state index contributed by atoms with van der Waals surface area (Å²) in [6, 6.07) is 6.47. The second kappa shape index (κ2) is 3.81. The van der Waals surface area contributed by atoms with Gasteiger partial charge in [0.15, 0.2) is 0 Å². The van der Waals surface area contributed by atoms with E-state index >= 15 is 0 Å². The molecule has 18 heavy (non-hydrogen) atoms. The van der Waals surface area contributed by atoms with Gasteiger partial charge in [-0.15, -0.1) is 20.4 Å². The average molecular weight is 262 g/mol. The van der Waals surface area contributed by atoms with Crippen LogP contribution in [0.5, 0.6) is 0 Å². The van der Waals surface area contributed by atoms with Gasteiger partial charge >= 0.3 is 0 Å². The number of aromatic nitrogens is 4. The molecule has 88 valence electrons. The molecule has 0 spiro atoms. The minimum absolute atomic E-state index is 0.157. The van der Waals surface area contributed by atoms with Crippen LogP contribution in [-0.4, -0.2) is 32.2 Å². The molecule has 0 saturated carbocycles. The van der Waals surface area contributed by atoms with E-state index in [1.54, 1.807) is 24.3 Å². The molecule has 1 aliphatic rings. The van der Waals surface area contributed by atoms with Crippen molar-refractivity contribution < 1.29 is 9.59 Å². The minimum atomic E-state index is -0.499. The number of halogens is 1. The molecule has 8 heteroatoms. The number of rotatable bonds is 1. The molecule has 1 aliphatic heterocycles. The first-order valence-corrected chi connectivity index (χ1v) is 5.27. The van der Waals surface area contributed by atoms with E-state index in [0.717, 1.165) is 4.90 Å². The van der Waals surface area contributed by atoms with Gasteiger partial charge in [0.2, 0.25) is 0 Å². The van der Waals surface area contributed by atoms with Crippen molar-refractivity contribution in [2.45, 2.75) is 0 Å². The smallest absolute Gasteiger partial charge is 0.268 e. The number of hydrogen-bond donors (Lipinski definition) is 0. The van der Waals surface area contributed by atoms with Crippen LogP contribution in [0.1, 0.15) is 20.7 Å². The van der Waals surface area contributed by atoms with Gasteiger partial charge < -0.3 is 0 Å². The highest BCUT2D eigenvalue weighted by atomic mass is 35.5. The Morgan fingerprint density at radius 2 is 1.39 bits per heavy atom. The summed E-state index contributed by atoms with van der Waals surface area (Å²) in [6.45, 7) is 0. The zero-order valence-corrected chi connectivity index (χ0v) is 9.50. The first-order chi connectivity index (χ1) is 8.68. The van der Waals surface area contributed by atoms with E-state index in [-0.39, 0.29) is 11.2 Å². The molecule has 3 rings (SSSR count). The lowest BCUT2D eigenvalue weighted by Gasteiger charge is -2.08. The SMILES string of the molecule is O=C1c2ccccc2C(=O)N1c1nnc(Cl)nn1. The van der Waals surface area contributed by atoms with Gasteiger partial charge in [0, 0.05) is 0 Å². The Bertz CT molecular complexity index is 623. The third-order valence-electron chi connectivity index (χ3n) is 2.44. The molecule has 0 atom stereocenters. The fourth-order valence-corrected chi connectivity index (χ4v) is 1.75. The molecule has 2 amide bonds. The average Bonchev–Trinajstić information content (AvgIpc) is 2.64. The normalized spacial score (nSPS) is 13.9. The molecule has 7 nitrogen and oxygen atoms in total. The van der Waals surface area contributed by atoms with Crippen molar-refractivity contribution in [1.29, 1.82) is 0 Å². The first-order valence-electron chi connectivity index (χ1n) is 4.89. The van der Waals surface area contributed by atoms with Crippen molar-refractivity contribution in [2.75, 3.05) is 4.90 Å². The number of nitrogens with zero attached hydrogens (tertiary/aromatic N) is 5. The molecule has 0 saturated heterocycles. The van der Waals surface area contributed by atoms with Gasteiger partial charge in [-0.2, -0.15) is 0 Å². The highest BCUT2D eigenvalue weighted by molar-refractivity contribution is 6.33. The number of hydrogen-bond acceptors (Lipinski definition) is 6. The number of fused-ring (bicyclic) bond motifs is 1. The maximum atomic E-state index is 12.0. The molecule has 0 fully saturated rings. The Morgan fingerprint density at radius 3 is 1.89 bits per heavy atom. The summed E-state index contributed by atoms with van der Waals surface area (Å²) in [7, 11) is 0. The molecule has 0 unspecified atom stereocenters. The first kappa shape index (κ1) is 10.7. The molecule has 1 aromatic carbocycles. The van der Waals surface area contributed by atoms with Gasteiger partial charge in [-0.05, 0) is 23.7 Å². The lowest BCUT2D eigenvalue weighted by atomic mass is 10.1. The Kier molecular flexibility index (Phi) is 2.27. The molecular formula is C10H4ClN5O2. The van der Waals surface area contributed by atoms with Gasteiger partial charge in [0.1, 0.15) is 0 Å². The van der Waals surface area contributed by atoms with Crippen LogP contribution < -0.4 is 4.90 Å². The number of imide groups is 1. The molecular weight excluding hydrogens is 258 g/mol. The topological polar surface area (TPSA) is 88.9 Å². The quantitative estimate of drug-likeness (QED) is 0.703. The van der Waals surface area contributed by atoms with Crippen LogP contribution in [0.25, 0.3) is 0 Å². The van der Waals surface area contributed by atoms with Crippen LogP contribution in [0, 0.1) is 0 Å². The van der Waals surface area contributed by atoms with Crippen LogP contribution in [-0.2, 0) is 0 Å². The molecule has 0 N–H and O–H groups in total. The van der Waals surface area contributed by atoms with Gasteiger partial charge in [-0.1, -0.05) is 12.1 Å². The Morgan fingerprint density at radius 1 is 0.889 bits per heavy atom. The second-order valence-electron chi connectivity index (χ2n) is 3.46. The molecule has 0 radical (unpaired) electrons. The minimum Gasteiger partial charge on any atom is -0.268 e. The van der Waals surface area contributed by atoms with Crippen molar-refractivity contribution in [3.05, 3.63) is 40.7 Å². The third-order valence-corrected chi connectivity index (χ3v) is 2.59. The Hall–Kier alpha value is -2.41. The van der Waals surface area contributed by atoms with Crippen molar-refractivity contribution in [1.82, 2.24) is 20.4 Å². The van der Waals surface area contributed by atoms with E-state index in [1.807, 2.05) is 0 Å². The summed E-state index contributed by atoms with van der Waals surface area (Å²) >= 11 is 5.44. The van der Waals surface area contributed by atoms with Gasteiger partial charge in [0.25, 0.3) is 23.0 Å². The number of anilines is 1. The number of benzene rings is 1. The lowest BCUT2D eigenvalue weighted by Crippen LogP contribution is -2.31. The second-order valence-corrected chi connectivity index (χ2v) is 3.80. The van der Waals surface area contributed by atoms with E-state index in [1.165, 1.54) is 0 Å². The van der Waals surface area contributed by atoms with E-state index in [2.05, 4.69) is 20.4 Å². The maximum absolute atomic E-state index is 12.0. The van der Waals surface area contributed by atoms with Crippen LogP contribution in [0.3, 0.4) is 0 Å². The zero-order valence-electron chi connectivity index (χ0n) is 8.74. The van der Waals surface area contributed by atoms with E-state index < -0.39 is 11.8 Å². The van der Waals surface area contributed by atoms with Gasteiger partial charge in [0.05, 0.1) is 11.1 Å². The summed E-state index contributed by atoms with van der Waals surface area (Å²) in [5.74, 6) is -1.19. The highest BCUT2D eigenvalue weighted by Gasteiger charge is 2.38. The van der Waals surface area contributed by atoms with E-state index in [0.29, 0.717) is 11.1 Å². The lowest BCUT2D eigenvalue weighted by molar-refractivity contribution is 0.0923. The van der Waals surface area contributed by atoms with Crippen molar-refractivity contribution in [2.24, 2.45) is 0 Å². The summed E-state index contributed by atoms with van der Waals surface area (Å²) in [4.78, 5) is 24.9. The van der Waals surface area contributed by atoms with Gasteiger partial charge in [-0.25, -0.2) is 4.90 Å². The zero-order chi connectivity index (χ0) is 12.7. The van der Waals surface area contributed by atoms with Crippen molar-refractivity contribution in [3.8, 4) is 0 Å². The predicted molar refractivity (Wildman–Crippen MR) is 60.2 cm³/mol. The summed E-state index contributed by atoms with van der Waals surface area (Å²) < 4.78 is 0. The van der Waals surface area contributed by atoms with Gasteiger partial charge in [-0.3, -0.25) is 9.59 Å². The number of amides is 2. The molecule has 2 aromatic rings. The summed E-state index contributed by atoms with van der Waals surface area (Å²) in [5.41, 5.74) is 0.613. The maximum Gasteiger partial charge on any atom is 0.278 e. The Balaban J connectivity index is 2.09. The van der Waals surface area contributed by atoms with E-state index in [4.69, 9.17) is 11.6 Å². The van der Waals surface area contributed by atoms with Crippen LogP contribution in [0.4, 0.5) is 5.95 Å². The number of carbonyl (C=O) groups is 2. The fraction of sp³-hybridized carbons (Fsp3) is 0. The van der Waals surface area contributed by atoms with E-state index in [9.17, 15) is 9.59 Å². The van der Waals surface area contributed by atoms with Crippen LogP contribution in [0.15, 0.2) is 24.3 Å². The number of carbonyl (C=O) groups excluding carboxylic acids is 2. The fourth-order valence-electron chi connectivity index (χ4n) is 1.67. The summed E-state index contributed by atoms with van der Waals surface area (Å²) in [6.07, 6.45) is 0. The predicted octanol–water partition coefficient (Wildman–Crippen LogP) is 0.721. The molecule has 0 bridgehead atoms. The molecule has 0 aliphatic carbocycles. The Labute approximate surface area is 105 Å². The standard InChI is InChI=1S/C10H4ClN5O2/c11-9-12-14-10(15-13-9)16-7(17)5-3-1-2-4-6(5)8(16)18/h1-4H. The monoisotopic (exact) mass is 261 g/mol. The largest absolute Gasteiger partial charge is 0.278 e. The van der Waals surface area contributed by atoms with Crippen molar-refractivity contribution in [3.63, 3.8) is 0 Å². The third kappa shape index (κ3) is 1.45.